The van der Waals surface area contributed by atoms with E-state index in [2.05, 4.69) is 10.3 Å². The molecule has 0 fully saturated rings. The topological polar surface area (TPSA) is 61.9 Å². The number of pyridine rings is 1. The smallest absolute Gasteiger partial charge is 0.140 e. The van der Waals surface area contributed by atoms with E-state index in [-0.39, 0.29) is 0 Å². The number of rotatable bonds is 3. The Hall–Kier alpha value is -2.28. The van der Waals surface area contributed by atoms with Crippen LogP contribution in [0.4, 0.5) is 5.69 Å². The zero-order valence-electron chi connectivity index (χ0n) is 7.97. The van der Waals surface area contributed by atoms with Gasteiger partial charge in [0.05, 0.1) is 24.4 Å². The summed E-state index contributed by atoms with van der Waals surface area (Å²) in [6.07, 6.45) is 4.96. The Labute approximate surface area is 87.2 Å². The molecule has 0 aliphatic carbocycles. The van der Waals surface area contributed by atoms with Crippen LogP contribution >= 0.6 is 0 Å². The third-order valence-corrected chi connectivity index (χ3v) is 1.95. The van der Waals surface area contributed by atoms with Crippen LogP contribution in [0.15, 0.2) is 41.3 Å². The van der Waals surface area contributed by atoms with Gasteiger partial charge in [-0.2, -0.15) is 5.26 Å². The van der Waals surface area contributed by atoms with Gasteiger partial charge in [0.2, 0.25) is 0 Å². The molecule has 4 heteroatoms. The Bertz CT molecular complexity index is 454. The fourth-order valence-electron chi connectivity index (χ4n) is 1.16. The van der Waals surface area contributed by atoms with Gasteiger partial charge in [0.25, 0.3) is 0 Å². The Balaban J connectivity index is 1.97. The third kappa shape index (κ3) is 2.35. The number of anilines is 1. The molecule has 2 heterocycles. The second kappa shape index (κ2) is 4.29. The van der Waals surface area contributed by atoms with Crippen molar-refractivity contribution in [3.63, 3.8) is 0 Å². The molecule has 0 aliphatic rings. The van der Waals surface area contributed by atoms with Gasteiger partial charge >= 0.3 is 0 Å². The van der Waals surface area contributed by atoms with E-state index in [1.165, 1.54) is 0 Å². The summed E-state index contributed by atoms with van der Waals surface area (Å²) in [7, 11) is 0. The molecule has 2 aromatic heterocycles. The fourth-order valence-corrected chi connectivity index (χ4v) is 1.16. The van der Waals surface area contributed by atoms with Gasteiger partial charge < -0.3 is 9.73 Å². The molecule has 0 bridgehead atoms. The first-order valence-electron chi connectivity index (χ1n) is 4.49. The lowest BCUT2D eigenvalue weighted by atomic mass is 10.3. The molecule has 4 nitrogen and oxygen atoms in total. The first-order chi connectivity index (χ1) is 7.38. The summed E-state index contributed by atoms with van der Waals surface area (Å²) >= 11 is 0. The van der Waals surface area contributed by atoms with Gasteiger partial charge in [0.15, 0.2) is 0 Å². The lowest BCUT2D eigenvalue weighted by Gasteiger charge is -2.03. The quantitative estimate of drug-likeness (QED) is 0.822. The fraction of sp³-hybridized carbons (Fsp3) is 0.0909. The van der Waals surface area contributed by atoms with Crippen LogP contribution in [0, 0.1) is 11.3 Å². The first kappa shape index (κ1) is 9.28. The van der Waals surface area contributed by atoms with E-state index in [1.54, 1.807) is 24.8 Å². The van der Waals surface area contributed by atoms with E-state index in [4.69, 9.17) is 9.68 Å². The molecule has 1 N–H and O–H groups in total. The lowest BCUT2D eigenvalue weighted by Crippen LogP contribution is -1.98. The minimum Gasteiger partial charge on any atom is -0.472 e. The number of nitrogens with one attached hydrogen (secondary N) is 1. The van der Waals surface area contributed by atoms with Crippen molar-refractivity contribution in [2.45, 2.75) is 6.54 Å². The van der Waals surface area contributed by atoms with Gasteiger partial charge in [-0.3, -0.25) is 0 Å². The van der Waals surface area contributed by atoms with Crippen molar-refractivity contribution in [3.05, 3.63) is 48.2 Å². The predicted molar refractivity (Wildman–Crippen MR) is 55.0 cm³/mol. The average molecular weight is 199 g/mol. The summed E-state index contributed by atoms with van der Waals surface area (Å²) in [4.78, 5) is 3.95. The standard InChI is InChI=1S/C11H9N3O/c12-5-10-1-2-11(7-14-10)13-6-9-3-4-15-8-9/h1-4,7-8,13H,6H2. The van der Waals surface area contributed by atoms with Crippen molar-refractivity contribution in [1.29, 1.82) is 5.26 Å². The molecule has 0 unspecified atom stereocenters. The minimum absolute atomic E-state index is 0.420. The summed E-state index contributed by atoms with van der Waals surface area (Å²) in [5.41, 5.74) is 2.37. The Morgan fingerprint density at radius 2 is 2.33 bits per heavy atom. The van der Waals surface area contributed by atoms with Gasteiger partial charge in [-0.05, 0) is 18.2 Å². The Morgan fingerprint density at radius 3 is 2.93 bits per heavy atom. The maximum absolute atomic E-state index is 8.56. The largest absolute Gasteiger partial charge is 0.472 e. The minimum atomic E-state index is 0.420. The molecular weight excluding hydrogens is 190 g/mol. The molecule has 0 amide bonds. The maximum Gasteiger partial charge on any atom is 0.140 e. The molecule has 0 aliphatic heterocycles. The Kier molecular flexibility index (Phi) is 2.65. The molecule has 0 radical (unpaired) electrons. The van der Waals surface area contributed by atoms with Crippen LogP contribution in [-0.2, 0) is 6.54 Å². The van der Waals surface area contributed by atoms with E-state index >= 15 is 0 Å². The average Bonchev–Trinajstić information content (AvgIpc) is 2.80. The number of aromatic nitrogens is 1. The van der Waals surface area contributed by atoms with E-state index in [9.17, 15) is 0 Å². The van der Waals surface area contributed by atoms with Crippen LogP contribution in [0.1, 0.15) is 11.3 Å². The van der Waals surface area contributed by atoms with E-state index in [1.807, 2.05) is 18.2 Å². The van der Waals surface area contributed by atoms with Gasteiger partial charge in [-0.15, -0.1) is 0 Å². The summed E-state index contributed by atoms with van der Waals surface area (Å²) < 4.78 is 4.94. The second-order valence-corrected chi connectivity index (χ2v) is 3.03. The lowest BCUT2D eigenvalue weighted by molar-refractivity contribution is 0.564. The van der Waals surface area contributed by atoms with Crippen LogP contribution in [0.25, 0.3) is 0 Å². The molecule has 0 spiro atoms. The zero-order chi connectivity index (χ0) is 10.5. The number of nitriles is 1. The summed E-state index contributed by atoms with van der Waals surface area (Å²) in [5, 5.41) is 11.7. The summed E-state index contributed by atoms with van der Waals surface area (Å²) in [6.45, 7) is 0.685. The number of nitrogens with zero attached hydrogens (tertiary/aromatic N) is 2. The monoisotopic (exact) mass is 199 g/mol. The molecule has 0 saturated heterocycles. The third-order valence-electron chi connectivity index (χ3n) is 1.95. The highest BCUT2D eigenvalue weighted by atomic mass is 16.3. The van der Waals surface area contributed by atoms with Gasteiger partial charge in [-0.1, -0.05) is 0 Å². The van der Waals surface area contributed by atoms with Crippen LogP contribution < -0.4 is 5.32 Å². The van der Waals surface area contributed by atoms with Gasteiger partial charge in [0, 0.05) is 12.1 Å². The molecule has 2 aromatic rings. The van der Waals surface area contributed by atoms with Crippen molar-refractivity contribution in [2.24, 2.45) is 0 Å². The highest BCUT2D eigenvalue weighted by Crippen LogP contribution is 2.08. The van der Waals surface area contributed by atoms with E-state index in [0.29, 0.717) is 12.2 Å². The van der Waals surface area contributed by atoms with Gasteiger partial charge in [0.1, 0.15) is 11.8 Å². The Morgan fingerprint density at radius 1 is 1.40 bits per heavy atom. The summed E-state index contributed by atoms with van der Waals surface area (Å²) in [5.74, 6) is 0. The molecule has 0 saturated carbocycles. The normalized spacial score (nSPS) is 9.53. The molecule has 0 aromatic carbocycles. The maximum atomic E-state index is 8.56. The van der Waals surface area contributed by atoms with Crippen molar-refractivity contribution in [2.75, 3.05) is 5.32 Å². The van der Waals surface area contributed by atoms with E-state index < -0.39 is 0 Å². The molecule has 0 atom stereocenters. The van der Waals surface area contributed by atoms with Crippen molar-refractivity contribution >= 4 is 5.69 Å². The van der Waals surface area contributed by atoms with E-state index in [0.717, 1.165) is 11.3 Å². The van der Waals surface area contributed by atoms with Crippen molar-refractivity contribution in [3.8, 4) is 6.07 Å². The highest BCUT2D eigenvalue weighted by Gasteiger charge is 1.96. The summed E-state index contributed by atoms with van der Waals surface area (Å²) in [6, 6.07) is 7.37. The number of hydrogen-bond donors (Lipinski definition) is 1. The highest BCUT2D eigenvalue weighted by molar-refractivity contribution is 5.43. The van der Waals surface area contributed by atoms with Gasteiger partial charge in [-0.25, -0.2) is 4.98 Å². The predicted octanol–water partition coefficient (Wildman–Crippen LogP) is 2.16. The van der Waals surface area contributed by atoms with Crippen LogP contribution in [0.3, 0.4) is 0 Å². The molecular formula is C11H9N3O. The molecule has 2 rings (SSSR count). The first-order valence-corrected chi connectivity index (χ1v) is 4.49. The second-order valence-electron chi connectivity index (χ2n) is 3.03. The molecule has 74 valence electrons. The zero-order valence-corrected chi connectivity index (χ0v) is 7.97. The number of hydrogen-bond acceptors (Lipinski definition) is 4. The van der Waals surface area contributed by atoms with Crippen molar-refractivity contribution in [1.82, 2.24) is 4.98 Å². The molecule has 15 heavy (non-hydrogen) atoms. The van der Waals surface area contributed by atoms with Crippen LogP contribution in [0.5, 0.6) is 0 Å². The van der Waals surface area contributed by atoms with Crippen LogP contribution in [0.2, 0.25) is 0 Å². The number of furan rings is 1. The van der Waals surface area contributed by atoms with Crippen molar-refractivity contribution < 1.29 is 4.42 Å². The SMILES string of the molecule is N#Cc1ccc(NCc2ccoc2)cn1. The van der Waals surface area contributed by atoms with Crippen LogP contribution in [-0.4, -0.2) is 4.98 Å².